The largest absolute Gasteiger partial charge is 0.478 e. The highest BCUT2D eigenvalue weighted by atomic mass is 79.9. The minimum Gasteiger partial charge on any atom is -0.478 e. The van der Waals surface area contributed by atoms with Gasteiger partial charge in [-0.15, -0.1) is 0 Å². The molecule has 0 unspecified atom stereocenters. The molecule has 0 radical (unpaired) electrons. The molecule has 0 aliphatic heterocycles. The average molecular weight is 416 g/mol. The minimum atomic E-state index is -1.06. The van der Waals surface area contributed by atoms with Crippen LogP contribution in [0.5, 0.6) is 11.5 Å². The third-order valence-electron chi connectivity index (χ3n) is 2.44. The van der Waals surface area contributed by atoms with Crippen LogP contribution in [0.15, 0.2) is 51.4 Å². The quantitative estimate of drug-likeness (QED) is 0.694. The number of aliphatic carboxylic acids is 1. The summed E-state index contributed by atoms with van der Waals surface area (Å²) in [6, 6.07) is 9.32. The summed E-state index contributed by atoms with van der Waals surface area (Å²) in [6.45, 7) is 0. The van der Waals surface area contributed by atoms with Gasteiger partial charge in [0.05, 0.1) is 0 Å². The van der Waals surface area contributed by atoms with Crippen molar-refractivity contribution in [1.82, 2.24) is 0 Å². The van der Waals surface area contributed by atoms with Gasteiger partial charge in [-0.05, 0) is 36.4 Å². The lowest BCUT2D eigenvalue weighted by atomic mass is 10.2. The lowest BCUT2D eigenvalue weighted by molar-refractivity contribution is -0.131. The van der Waals surface area contributed by atoms with Crippen molar-refractivity contribution in [3.63, 3.8) is 0 Å². The maximum absolute atomic E-state index is 13.3. The molecule has 21 heavy (non-hydrogen) atoms. The van der Waals surface area contributed by atoms with Crippen LogP contribution in [0.25, 0.3) is 6.08 Å². The Labute approximate surface area is 137 Å². The number of halogens is 3. The van der Waals surface area contributed by atoms with Gasteiger partial charge in [-0.3, -0.25) is 0 Å². The van der Waals surface area contributed by atoms with Gasteiger partial charge in [-0.2, -0.15) is 0 Å². The number of hydrogen-bond acceptors (Lipinski definition) is 2. The molecule has 0 aromatic heterocycles. The first kappa shape index (κ1) is 15.7. The highest BCUT2D eigenvalue weighted by Gasteiger charge is 2.06. The van der Waals surface area contributed by atoms with E-state index in [4.69, 9.17) is 9.84 Å². The van der Waals surface area contributed by atoms with Crippen LogP contribution in [0, 0.1) is 5.82 Å². The second-order valence-electron chi connectivity index (χ2n) is 4.06. The molecule has 0 heterocycles. The SMILES string of the molecule is O=C(O)/C=C/c1cc(Br)ccc1Oc1cc(F)cc(Br)c1. The van der Waals surface area contributed by atoms with E-state index in [1.807, 2.05) is 0 Å². The maximum atomic E-state index is 13.3. The molecule has 0 atom stereocenters. The summed E-state index contributed by atoms with van der Waals surface area (Å²) in [7, 11) is 0. The van der Waals surface area contributed by atoms with Crippen LogP contribution in [0.4, 0.5) is 4.39 Å². The number of benzene rings is 2. The van der Waals surface area contributed by atoms with Gasteiger partial charge in [0.25, 0.3) is 0 Å². The van der Waals surface area contributed by atoms with Gasteiger partial charge in [-0.25, -0.2) is 9.18 Å². The minimum absolute atomic E-state index is 0.314. The van der Waals surface area contributed by atoms with Crippen molar-refractivity contribution in [3.05, 3.63) is 62.8 Å². The van der Waals surface area contributed by atoms with Crippen molar-refractivity contribution in [3.8, 4) is 11.5 Å². The Balaban J connectivity index is 2.36. The predicted molar refractivity (Wildman–Crippen MR) is 85.0 cm³/mol. The van der Waals surface area contributed by atoms with E-state index >= 15 is 0 Å². The number of rotatable bonds is 4. The molecular weight excluding hydrogens is 407 g/mol. The number of hydrogen-bond donors (Lipinski definition) is 1. The zero-order valence-electron chi connectivity index (χ0n) is 10.5. The summed E-state index contributed by atoms with van der Waals surface area (Å²) in [6.07, 6.45) is 2.42. The van der Waals surface area contributed by atoms with Crippen LogP contribution in [0.3, 0.4) is 0 Å². The van der Waals surface area contributed by atoms with Gasteiger partial charge in [0.2, 0.25) is 0 Å². The molecule has 0 aliphatic carbocycles. The van der Waals surface area contributed by atoms with Crippen molar-refractivity contribution in [2.75, 3.05) is 0 Å². The summed E-state index contributed by atoms with van der Waals surface area (Å²) in [5.74, 6) is -0.754. The second-order valence-corrected chi connectivity index (χ2v) is 5.89. The predicted octanol–water partition coefficient (Wildman–Crippen LogP) is 5.24. The molecule has 0 aliphatic rings. The molecule has 1 N–H and O–H groups in total. The average Bonchev–Trinajstić information content (AvgIpc) is 2.37. The molecule has 0 spiro atoms. The van der Waals surface area contributed by atoms with Crippen LogP contribution >= 0.6 is 31.9 Å². The third kappa shape index (κ3) is 4.68. The summed E-state index contributed by atoms with van der Waals surface area (Å²) in [5.41, 5.74) is 0.562. The smallest absolute Gasteiger partial charge is 0.328 e. The highest BCUT2D eigenvalue weighted by Crippen LogP contribution is 2.31. The second kappa shape index (κ2) is 6.87. The van der Waals surface area contributed by atoms with E-state index in [0.29, 0.717) is 21.5 Å². The molecule has 0 saturated carbocycles. The lowest BCUT2D eigenvalue weighted by Crippen LogP contribution is -1.91. The molecule has 2 rings (SSSR count). The van der Waals surface area contributed by atoms with Crippen LogP contribution in [0.2, 0.25) is 0 Å². The van der Waals surface area contributed by atoms with Gasteiger partial charge in [0.15, 0.2) is 0 Å². The Morgan fingerprint density at radius 3 is 2.57 bits per heavy atom. The summed E-state index contributed by atoms with van der Waals surface area (Å²) >= 11 is 6.49. The third-order valence-corrected chi connectivity index (χ3v) is 3.39. The van der Waals surface area contributed by atoms with Crippen molar-refractivity contribution in [2.24, 2.45) is 0 Å². The van der Waals surface area contributed by atoms with Crippen molar-refractivity contribution in [1.29, 1.82) is 0 Å². The van der Waals surface area contributed by atoms with E-state index in [-0.39, 0.29) is 0 Å². The lowest BCUT2D eigenvalue weighted by Gasteiger charge is -2.10. The normalized spacial score (nSPS) is 10.8. The Morgan fingerprint density at radius 2 is 1.90 bits per heavy atom. The van der Waals surface area contributed by atoms with Crippen LogP contribution in [0.1, 0.15) is 5.56 Å². The maximum Gasteiger partial charge on any atom is 0.328 e. The van der Waals surface area contributed by atoms with Gasteiger partial charge in [0.1, 0.15) is 17.3 Å². The highest BCUT2D eigenvalue weighted by molar-refractivity contribution is 9.10. The molecule has 0 saturated heterocycles. The standard InChI is InChI=1S/C15H9Br2FO3/c16-10-2-3-14(9(5-10)1-4-15(19)20)21-13-7-11(17)6-12(18)8-13/h1-8H,(H,19,20)/b4-1+. The van der Waals surface area contributed by atoms with Crippen LogP contribution in [-0.2, 0) is 4.79 Å². The molecule has 6 heteroatoms. The van der Waals surface area contributed by atoms with E-state index in [1.54, 1.807) is 24.3 Å². The summed E-state index contributed by atoms with van der Waals surface area (Å²) in [4.78, 5) is 10.6. The topological polar surface area (TPSA) is 46.5 Å². The number of carboxylic acids is 1. The molecule has 2 aromatic rings. The molecular formula is C15H9Br2FO3. The molecule has 0 fully saturated rings. The Morgan fingerprint density at radius 1 is 1.14 bits per heavy atom. The molecule has 108 valence electrons. The van der Waals surface area contributed by atoms with Crippen molar-refractivity contribution in [2.45, 2.75) is 0 Å². The Hall–Kier alpha value is -1.66. The van der Waals surface area contributed by atoms with E-state index < -0.39 is 11.8 Å². The van der Waals surface area contributed by atoms with E-state index in [0.717, 1.165) is 10.5 Å². The van der Waals surface area contributed by atoms with Crippen molar-refractivity contribution >= 4 is 43.9 Å². The zero-order chi connectivity index (χ0) is 15.4. The molecule has 0 bridgehead atoms. The monoisotopic (exact) mass is 414 g/mol. The van der Waals surface area contributed by atoms with Gasteiger partial charge < -0.3 is 9.84 Å². The first-order chi connectivity index (χ1) is 9.94. The molecule has 2 aromatic carbocycles. The van der Waals surface area contributed by atoms with E-state index in [9.17, 15) is 9.18 Å². The van der Waals surface area contributed by atoms with Crippen LogP contribution in [-0.4, -0.2) is 11.1 Å². The van der Waals surface area contributed by atoms with E-state index in [2.05, 4.69) is 31.9 Å². The van der Waals surface area contributed by atoms with Gasteiger partial charge >= 0.3 is 5.97 Å². The van der Waals surface area contributed by atoms with Crippen molar-refractivity contribution < 1.29 is 19.0 Å². The summed E-state index contributed by atoms with van der Waals surface area (Å²) < 4.78 is 20.3. The number of ether oxygens (including phenoxy) is 1. The first-order valence-electron chi connectivity index (χ1n) is 5.78. The first-order valence-corrected chi connectivity index (χ1v) is 7.37. The van der Waals surface area contributed by atoms with Crippen LogP contribution < -0.4 is 4.74 Å². The Bertz CT molecular complexity index is 694. The zero-order valence-corrected chi connectivity index (χ0v) is 13.7. The van der Waals surface area contributed by atoms with Gasteiger partial charge in [-0.1, -0.05) is 31.9 Å². The Kier molecular flexibility index (Phi) is 5.14. The number of carbonyl (C=O) groups is 1. The molecule has 0 amide bonds. The van der Waals surface area contributed by atoms with E-state index in [1.165, 1.54) is 18.2 Å². The fourth-order valence-corrected chi connectivity index (χ4v) is 2.44. The molecule has 3 nitrogen and oxygen atoms in total. The summed E-state index contributed by atoms with van der Waals surface area (Å²) in [5, 5.41) is 8.70. The fourth-order valence-electron chi connectivity index (χ4n) is 1.62. The number of carboxylic acid groups (broad SMARTS) is 1. The van der Waals surface area contributed by atoms with Gasteiger partial charge in [0, 0.05) is 26.7 Å². The fraction of sp³-hybridized carbons (Fsp3) is 0.